The molecule has 1 heterocycles. The molecular formula is C30H41ClN2O. The Morgan fingerprint density at radius 3 is 2.15 bits per heavy atom. The minimum Gasteiger partial charge on any atom is -0.387 e. The summed E-state index contributed by atoms with van der Waals surface area (Å²) in [6.45, 7) is 9.24. The van der Waals surface area contributed by atoms with Crippen molar-refractivity contribution in [2.75, 3.05) is 19.6 Å². The molecule has 34 heavy (non-hydrogen) atoms. The molecule has 0 aliphatic carbocycles. The van der Waals surface area contributed by atoms with Gasteiger partial charge in [-0.05, 0) is 56.1 Å². The molecule has 0 aliphatic heterocycles. The van der Waals surface area contributed by atoms with Gasteiger partial charge in [0.1, 0.15) is 0 Å². The maximum absolute atomic E-state index is 11.5. The van der Waals surface area contributed by atoms with Gasteiger partial charge in [-0.2, -0.15) is 0 Å². The monoisotopic (exact) mass is 480 g/mol. The first-order valence-electron chi connectivity index (χ1n) is 13.1. The fourth-order valence-electron chi connectivity index (χ4n) is 4.62. The number of nitrogens with zero attached hydrogens (tertiary/aromatic N) is 2. The van der Waals surface area contributed by atoms with Gasteiger partial charge >= 0.3 is 0 Å². The number of rotatable bonds is 14. The third-order valence-electron chi connectivity index (χ3n) is 6.72. The first-order chi connectivity index (χ1) is 16.5. The molecule has 1 N–H and O–H groups in total. The van der Waals surface area contributed by atoms with Gasteiger partial charge in [-0.3, -0.25) is 0 Å². The zero-order valence-corrected chi connectivity index (χ0v) is 21.9. The third-order valence-corrected chi connectivity index (χ3v) is 7.13. The Balaban J connectivity index is 1.90. The van der Waals surface area contributed by atoms with E-state index in [4.69, 9.17) is 16.6 Å². The summed E-state index contributed by atoms with van der Waals surface area (Å²) in [5, 5.41) is 13.2. The molecule has 2 aromatic carbocycles. The molecule has 0 unspecified atom stereocenters. The second-order valence-corrected chi connectivity index (χ2v) is 9.88. The molecule has 3 nitrogen and oxygen atoms in total. The third kappa shape index (κ3) is 7.28. The molecule has 1 aromatic heterocycles. The summed E-state index contributed by atoms with van der Waals surface area (Å²) < 4.78 is 0. The van der Waals surface area contributed by atoms with Crippen LogP contribution in [-0.4, -0.2) is 34.6 Å². The van der Waals surface area contributed by atoms with Crippen molar-refractivity contribution in [3.05, 3.63) is 64.7 Å². The van der Waals surface area contributed by atoms with Crippen molar-refractivity contribution in [1.82, 2.24) is 9.88 Å². The predicted octanol–water partition coefficient (Wildman–Crippen LogP) is 8.36. The highest BCUT2D eigenvalue weighted by molar-refractivity contribution is 6.32. The van der Waals surface area contributed by atoms with Crippen LogP contribution in [0.4, 0.5) is 0 Å². The van der Waals surface area contributed by atoms with Crippen molar-refractivity contribution in [2.24, 2.45) is 0 Å². The second kappa shape index (κ2) is 13.8. The molecule has 0 saturated carbocycles. The molecule has 0 aliphatic rings. The summed E-state index contributed by atoms with van der Waals surface area (Å²) >= 11 is 6.46. The number of hydrogen-bond donors (Lipinski definition) is 1. The van der Waals surface area contributed by atoms with Gasteiger partial charge in [-0.25, -0.2) is 4.98 Å². The summed E-state index contributed by atoms with van der Waals surface area (Å²) in [6, 6.07) is 16.2. The number of benzene rings is 2. The molecule has 184 valence electrons. The first-order valence-corrected chi connectivity index (χ1v) is 13.5. The molecule has 0 spiro atoms. The highest BCUT2D eigenvalue weighted by atomic mass is 35.5. The van der Waals surface area contributed by atoms with Crippen molar-refractivity contribution in [3.8, 4) is 11.3 Å². The normalized spacial score (nSPS) is 12.5. The Bertz CT molecular complexity index is 1010. The van der Waals surface area contributed by atoms with Crippen LogP contribution in [0.3, 0.4) is 0 Å². The largest absolute Gasteiger partial charge is 0.387 e. The van der Waals surface area contributed by atoms with Gasteiger partial charge in [0.05, 0.1) is 17.3 Å². The quantitative estimate of drug-likeness (QED) is 0.235. The summed E-state index contributed by atoms with van der Waals surface area (Å²) in [5.74, 6) is 0. The Kier molecular flexibility index (Phi) is 10.8. The van der Waals surface area contributed by atoms with Crippen molar-refractivity contribution in [3.63, 3.8) is 0 Å². The van der Waals surface area contributed by atoms with Crippen LogP contribution in [0.1, 0.15) is 82.4 Å². The van der Waals surface area contributed by atoms with Gasteiger partial charge in [0, 0.05) is 22.5 Å². The highest BCUT2D eigenvalue weighted by Crippen LogP contribution is 2.33. The van der Waals surface area contributed by atoms with E-state index in [0.29, 0.717) is 11.6 Å². The molecule has 0 amide bonds. The van der Waals surface area contributed by atoms with Crippen LogP contribution in [0.2, 0.25) is 5.02 Å². The van der Waals surface area contributed by atoms with Crippen LogP contribution < -0.4 is 0 Å². The number of hydrogen-bond acceptors (Lipinski definition) is 3. The molecule has 3 rings (SSSR count). The van der Waals surface area contributed by atoms with Crippen LogP contribution in [0.15, 0.2) is 48.5 Å². The van der Waals surface area contributed by atoms with E-state index in [1.54, 1.807) is 0 Å². The average Bonchev–Trinajstić information content (AvgIpc) is 2.86. The Morgan fingerprint density at radius 1 is 0.882 bits per heavy atom. The zero-order valence-electron chi connectivity index (χ0n) is 21.2. The molecule has 1 atom stereocenters. The smallest absolute Gasteiger partial charge is 0.0924 e. The molecule has 0 saturated heterocycles. The number of aromatic nitrogens is 1. The summed E-state index contributed by atoms with van der Waals surface area (Å²) in [6.07, 6.45) is 9.36. The lowest BCUT2D eigenvalue weighted by atomic mass is 9.98. The van der Waals surface area contributed by atoms with E-state index < -0.39 is 6.10 Å². The standard InChI is InChI=1S/C30H41ClN2O/c1-4-6-8-13-19-33(20-14-9-7-5-2)22-29(34)26-21-28(24-15-11-10-12-16-24)32-30-23(3)27(31)18-17-25(26)30/h10-12,15-18,21,29,34H,4-9,13-14,19-20,22H2,1-3H3/t29-/m1/s1. The number of fused-ring (bicyclic) bond motifs is 1. The van der Waals surface area contributed by atoms with Gasteiger partial charge in [0.15, 0.2) is 0 Å². The Labute approximate surface area is 211 Å². The van der Waals surface area contributed by atoms with E-state index in [2.05, 4.69) is 36.9 Å². The highest BCUT2D eigenvalue weighted by Gasteiger charge is 2.19. The maximum Gasteiger partial charge on any atom is 0.0924 e. The lowest BCUT2D eigenvalue weighted by Crippen LogP contribution is -2.31. The van der Waals surface area contributed by atoms with Crippen LogP contribution in [0, 0.1) is 6.92 Å². The molecule has 0 bridgehead atoms. The molecule has 0 fully saturated rings. The Hall–Kier alpha value is -1.94. The summed E-state index contributed by atoms with van der Waals surface area (Å²) in [5.41, 5.74) is 4.70. The fraction of sp³-hybridized carbons (Fsp3) is 0.500. The first kappa shape index (κ1) is 26.7. The van der Waals surface area contributed by atoms with Crippen LogP contribution in [0.25, 0.3) is 22.2 Å². The summed E-state index contributed by atoms with van der Waals surface area (Å²) in [4.78, 5) is 7.42. The molecular weight excluding hydrogens is 440 g/mol. The number of halogens is 1. The maximum atomic E-state index is 11.5. The number of pyridine rings is 1. The SMILES string of the molecule is CCCCCCN(CCCCCC)C[C@@H](O)c1cc(-c2ccccc2)nc2c(C)c(Cl)ccc12. The summed E-state index contributed by atoms with van der Waals surface area (Å²) in [7, 11) is 0. The van der Waals surface area contributed by atoms with E-state index in [9.17, 15) is 5.11 Å². The number of aliphatic hydroxyl groups is 1. The van der Waals surface area contributed by atoms with Gasteiger partial charge in [-0.1, -0.05) is 100 Å². The lowest BCUT2D eigenvalue weighted by Gasteiger charge is -2.26. The molecule has 4 heteroatoms. The van der Waals surface area contributed by atoms with Crippen molar-refractivity contribution in [2.45, 2.75) is 78.2 Å². The lowest BCUT2D eigenvalue weighted by molar-refractivity contribution is 0.111. The van der Waals surface area contributed by atoms with Crippen molar-refractivity contribution < 1.29 is 5.11 Å². The van der Waals surface area contributed by atoms with E-state index in [-0.39, 0.29) is 0 Å². The number of unbranched alkanes of at least 4 members (excludes halogenated alkanes) is 6. The van der Waals surface area contributed by atoms with E-state index >= 15 is 0 Å². The zero-order chi connectivity index (χ0) is 24.3. The molecule has 0 radical (unpaired) electrons. The number of aliphatic hydroxyl groups excluding tert-OH is 1. The predicted molar refractivity (Wildman–Crippen MR) is 147 cm³/mol. The van der Waals surface area contributed by atoms with Gasteiger partial charge in [-0.15, -0.1) is 0 Å². The van der Waals surface area contributed by atoms with Gasteiger partial charge in [0.2, 0.25) is 0 Å². The van der Waals surface area contributed by atoms with Gasteiger partial charge in [0.25, 0.3) is 0 Å². The Morgan fingerprint density at radius 2 is 1.53 bits per heavy atom. The number of aryl methyl sites for hydroxylation is 1. The van der Waals surface area contributed by atoms with E-state index in [1.807, 2.05) is 37.3 Å². The van der Waals surface area contributed by atoms with Crippen molar-refractivity contribution >= 4 is 22.5 Å². The van der Waals surface area contributed by atoms with Crippen LogP contribution in [-0.2, 0) is 0 Å². The van der Waals surface area contributed by atoms with E-state index in [1.165, 1.54) is 51.4 Å². The average molecular weight is 481 g/mol. The fourth-order valence-corrected chi connectivity index (χ4v) is 4.78. The van der Waals surface area contributed by atoms with Crippen molar-refractivity contribution in [1.29, 1.82) is 0 Å². The molecule has 3 aromatic rings. The topological polar surface area (TPSA) is 36.4 Å². The minimum absolute atomic E-state index is 0.578. The van der Waals surface area contributed by atoms with Crippen LogP contribution >= 0.6 is 11.6 Å². The van der Waals surface area contributed by atoms with E-state index in [0.717, 1.165) is 46.4 Å². The van der Waals surface area contributed by atoms with Gasteiger partial charge < -0.3 is 10.0 Å². The second-order valence-electron chi connectivity index (χ2n) is 9.47. The minimum atomic E-state index is -0.578. The van der Waals surface area contributed by atoms with Crippen LogP contribution in [0.5, 0.6) is 0 Å².